The third kappa shape index (κ3) is 2.38. The van der Waals surface area contributed by atoms with Crippen LogP contribution >= 0.6 is 0 Å². The molecule has 1 aromatic carbocycles. The van der Waals surface area contributed by atoms with Gasteiger partial charge in [0.05, 0.1) is 30.9 Å². The minimum atomic E-state index is -0.396. The van der Waals surface area contributed by atoms with Gasteiger partial charge in [0.15, 0.2) is 0 Å². The molecule has 2 heterocycles. The average molecular weight is 286 g/mol. The molecule has 0 aliphatic carbocycles. The number of hydrogen-bond acceptors (Lipinski definition) is 4. The van der Waals surface area contributed by atoms with Crippen LogP contribution < -0.4 is 15.4 Å². The maximum absolute atomic E-state index is 12.0. The average Bonchev–Trinajstić information content (AvgIpc) is 3.06. The largest absolute Gasteiger partial charge is 0.494 e. The van der Waals surface area contributed by atoms with E-state index < -0.39 is 6.04 Å². The summed E-state index contributed by atoms with van der Waals surface area (Å²) < 4.78 is 7.35. The van der Waals surface area contributed by atoms with E-state index in [1.807, 2.05) is 35.9 Å². The van der Waals surface area contributed by atoms with Gasteiger partial charge in [0.1, 0.15) is 5.75 Å². The SMILES string of the molecule is COc1cc(N2CCC(N)C2=O)ccc1-n1cnc(C)c1. The molecule has 2 aromatic rings. The van der Waals surface area contributed by atoms with Crippen molar-refractivity contribution >= 4 is 11.6 Å². The third-order valence-electron chi connectivity index (χ3n) is 3.71. The molecule has 6 heteroatoms. The lowest BCUT2D eigenvalue weighted by atomic mass is 10.2. The zero-order valence-electron chi connectivity index (χ0n) is 12.1. The van der Waals surface area contributed by atoms with Crippen LogP contribution in [0, 0.1) is 6.92 Å². The van der Waals surface area contributed by atoms with Gasteiger partial charge in [-0.1, -0.05) is 0 Å². The van der Waals surface area contributed by atoms with E-state index in [-0.39, 0.29) is 5.91 Å². The second-order valence-electron chi connectivity index (χ2n) is 5.16. The lowest BCUT2D eigenvalue weighted by Crippen LogP contribution is -2.33. The highest BCUT2D eigenvalue weighted by Crippen LogP contribution is 2.30. The first kappa shape index (κ1) is 13.6. The fourth-order valence-corrected chi connectivity index (χ4v) is 2.56. The van der Waals surface area contributed by atoms with Gasteiger partial charge in [0, 0.05) is 24.5 Å². The summed E-state index contributed by atoms with van der Waals surface area (Å²) in [6.45, 7) is 2.58. The topological polar surface area (TPSA) is 73.4 Å². The van der Waals surface area contributed by atoms with Gasteiger partial charge in [-0.3, -0.25) is 4.79 Å². The van der Waals surface area contributed by atoms with Gasteiger partial charge in [0.25, 0.3) is 0 Å². The maximum Gasteiger partial charge on any atom is 0.243 e. The Bertz CT molecular complexity index is 680. The van der Waals surface area contributed by atoms with E-state index in [2.05, 4.69) is 4.98 Å². The van der Waals surface area contributed by atoms with E-state index >= 15 is 0 Å². The number of benzene rings is 1. The minimum Gasteiger partial charge on any atom is -0.494 e. The summed E-state index contributed by atoms with van der Waals surface area (Å²) in [6, 6.07) is 5.29. The summed E-state index contributed by atoms with van der Waals surface area (Å²) >= 11 is 0. The summed E-state index contributed by atoms with van der Waals surface area (Å²) in [6.07, 6.45) is 4.35. The summed E-state index contributed by atoms with van der Waals surface area (Å²) in [7, 11) is 1.62. The monoisotopic (exact) mass is 286 g/mol. The molecule has 1 amide bonds. The number of rotatable bonds is 3. The number of amides is 1. The van der Waals surface area contributed by atoms with Crippen LogP contribution in [0.2, 0.25) is 0 Å². The minimum absolute atomic E-state index is 0.0386. The van der Waals surface area contributed by atoms with Gasteiger partial charge in [0.2, 0.25) is 5.91 Å². The first-order chi connectivity index (χ1) is 10.1. The van der Waals surface area contributed by atoms with Crippen molar-refractivity contribution in [3.8, 4) is 11.4 Å². The molecule has 2 N–H and O–H groups in total. The van der Waals surface area contributed by atoms with Crippen LogP contribution in [0.4, 0.5) is 5.69 Å². The number of aromatic nitrogens is 2. The highest BCUT2D eigenvalue weighted by Gasteiger charge is 2.29. The van der Waals surface area contributed by atoms with Crippen molar-refractivity contribution in [2.45, 2.75) is 19.4 Å². The molecule has 3 rings (SSSR count). The Morgan fingerprint density at radius 2 is 2.24 bits per heavy atom. The highest BCUT2D eigenvalue weighted by molar-refractivity contribution is 5.99. The van der Waals surface area contributed by atoms with Crippen molar-refractivity contribution < 1.29 is 9.53 Å². The van der Waals surface area contributed by atoms with Crippen LogP contribution in [-0.4, -0.2) is 35.2 Å². The van der Waals surface area contributed by atoms with Crippen molar-refractivity contribution in [2.24, 2.45) is 5.73 Å². The van der Waals surface area contributed by atoms with Gasteiger partial charge in [-0.2, -0.15) is 0 Å². The van der Waals surface area contributed by atoms with Gasteiger partial charge in [-0.15, -0.1) is 0 Å². The number of carbonyl (C=O) groups excluding carboxylic acids is 1. The quantitative estimate of drug-likeness (QED) is 0.921. The molecule has 1 unspecified atom stereocenters. The molecule has 21 heavy (non-hydrogen) atoms. The molecule has 0 radical (unpaired) electrons. The number of nitrogens with zero attached hydrogens (tertiary/aromatic N) is 3. The van der Waals surface area contributed by atoms with Crippen molar-refractivity contribution in [1.82, 2.24) is 9.55 Å². The van der Waals surface area contributed by atoms with Crippen LogP contribution in [0.5, 0.6) is 5.75 Å². The number of imidazole rings is 1. The Morgan fingerprint density at radius 3 is 2.81 bits per heavy atom. The number of aryl methyl sites for hydroxylation is 1. The molecule has 1 aliphatic rings. The van der Waals surface area contributed by atoms with E-state index in [4.69, 9.17) is 10.5 Å². The fourth-order valence-electron chi connectivity index (χ4n) is 2.56. The molecule has 0 saturated carbocycles. The molecule has 110 valence electrons. The number of nitrogens with two attached hydrogens (primary N) is 1. The predicted molar refractivity (Wildman–Crippen MR) is 79.8 cm³/mol. The van der Waals surface area contributed by atoms with Crippen molar-refractivity contribution in [1.29, 1.82) is 0 Å². The normalized spacial score (nSPS) is 18.3. The number of hydrogen-bond donors (Lipinski definition) is 1. The number of ether oxygens (including phenoxy) is 1. The lowest BCUT2D eigenvalue weighted by molar-refractivity contribution is -0.118. The first-order valence-electron chi connectivity index (χ1n) is 6.86. The Morgan fingerprint density at radius 1 is 1.43 bits per heavy atom. The van der Waals surface area contributed by atoms with Crippen molar-refractivity contribution in [2.75, 3.05) is 18.6 Å². The number of methoxy groups -OCH3 is 1. The third-order valence-corrected chi connectivity index (χ3v) is 3.71. The molecule has 1 fully saturated rings. The molecule has 1 aromatic heterocycles. The van der Waals surface area contributed by atoms with Gasteiger partial charge in [-0.05, 0) is 25.5 Å². The van der Waals surface area contributed by atoms with Gasteiger partial charge >= 0.3 is 0 Å². The molecular formula is C15H18N4O2. The van der Waals surface area contributed by atoms with Crippen LogP contribution in [0.25, 0.3) is 5.69 Å². The number of anilines is 1. The second kappa shape index (κ2) is 5.21. The molecule has 1 saturated heterocycles. The van der Waals surface area contributed by atoms with Gasteiger partial charge < -0.3 is 19.9 Å². The standard InChI is InChI=1S/C15H18N4O2/c1-10-8-18(9-17-10)13-4-3-11(7-14(13)21-2)19-6-5-12(16)15(19)20/h3-4,7-9,12H,5-6,16H2,1-2H3. The molecule has 1 aliphatic heterocycles. The Balaban J connectivity index is 1.98. The lowest BCUT2D eigenvalue weighted by Gasteiger charge is -2.18. The predicted octanol–water partition coefficient (Wildman–Crippen LogP) is 1.25. The highest BCUT2D eigenvalue weighted by atomic mass is 16.5. The van der Waals surface area contributed by atoms with E-state index in [1.54, 1.807) is 18.3 Å². The first-order valence-corrected chi connectivity index (χ1v) is 6.86. The van der Waals surface area contributed by atoms with Crippen LogP contribution in [0.15, 0.2) is 30.7 Å². The smallest absolute Gasteiger partial charge is 0.243 e. The Labute approximate surface area is 123 Å². The van der Waals surface area contributed by atoms with E-state index in [0.717, 1.165) is 17.1 Å². The van der Waals surface area contributed by atoms with E-state index in [1.165, 1.54) is 0 Å². The van der Waals surface area contributed by atoms with Crippen LogP contribution in [-0.2, 0) is 4.79 Å². The van der Waals surface area contributed by atoms with Crippen molar-refractivity contribution in [3.05, 3.63) is 36.4 Å². The summed E-state index contributed by atoms with van der Waals surface area (Å²) in [5.41, 5.74) is 8.40. The Hall–Kier alpha value is -2.34. The zero-order valence-corrected chi connectivity index (χ0v) is 12.1. The molecule has 1 atom stereocenters. The summed E-state index contributed by atoms with van der Waals surface area (Å²) in [4.78, 5) is 17.9. The van der Waals surface area contributed by atoms with Crippen LogP contribution in [0.1, 0.15) is 12.1 Å². The number of carbonyl (C=O) groups is 1. The van der Waals surface area contributed by atoms with E-state index in [0.29, 0.717) is 18.7 Å². The molecule has 0 spiro atoms. The Kier molecular flexibility index (Phi) is 3.39. The molecule has 0 bridgehead atoms. The van der Waals surface area contributed by atoms with Crippen LogP contribution in [0.3, 0.4) is 0 Å². The molecular weight excluding hydrogens is 268 g/mol. The van der Waals surface area contributed by atoms with Crippen molar-refractivity contribution in [3.63, 3.8) is 0 Å². The summed E-state index contributed by atoms with van der Waals surface area (Å²) in [5, 5.41) is 0. The molecule has 6 nitrogen and oxygen atoms in total. The maximum atomic E-state index is 12.0. The zero-order chi connectivity index (χ0) is 15.0. The fraction of sp³-hybridized carbons (Fsp3) is 0.333. The van der Waals surface area contributed by atoms with Gasteiger partial charge in [-0.25, -0.2) is 4.98 Å². The van der Waals surface area contributed by atoms with E-state index in [9.17, 15) is 4.79 Å². The summed E-state index contributed by atoms with van der Waals surface area (Å²) in [5.74, 6) is 0.654. The second-order valence-corrected chi connectivity index (χ2v) is 5.16.